The lowest BCUT2D eigenvalue weighted by Gasteiger charge is -2.05. The molecule has 96 valence electrons. The number of carboxylic acids is 1. The standard InChI is InChI=1S/C9H9BrN4O2S2/c10-5-1-6(17-3-5)2-14-8(11)12-13-9(14)18-4-7(15)16/h1,3H,2,4H2,(H2,11,12)(H,15,16). The third-order valence-corrected chi connectivity index (χ3v) is 4.64. The second kappa shape index (κ2) is 5.72. The monoisotopic (exact) mass is 348 g/mol. The van der Waals surface area contributed by atoms with Gasteiger partial charge >= 0.3 is 5.97 Å². The number of aliphatic carboxylic acids is 1. The Hall–Kier alpha value is -1.06. The Labute approximate surface area is 119 Å². The Balaban J connectivity index is 2.16. The zero-order valence-corrected chi connectivity index (χ0v) is 12.3. The molecule has 2 aromatic heterocycles. The molecule has 0 radical (unpaired) electrons. The van der Waals surface area contributed by atoms with Gasteiger partial charge in [-0.1, -0.05) is 11.8 Å². The van der Waals surface area contributed by atoms with Crippen molar-refractivity contribution in [3.8, 4) is 0 Å². The summed E-state index contributed by atoms with van der Waals surface area (Å²) in [4.78, 5) is 11.6. The van der Waals surface area contributed by atoms with Crippen molar-refractivity contribution in [1.29, 1.82) is 0 Å². The summed E-state index contributed by atoms with van der Waals surface area (Å²) in [6.45, 7) is 0.539. The van der Waals surface area contributed by atoms with Crippen LogP contribution in [0.2, 0.25) is 0 Å². The van der Waals surface area contributed by atoms with Gasteiger partial charge in [-0.2, -0.15) is 0 Å². The highest BCUT2D eigenvalue weighted by Crippen LogP contribution is 2.24. The van der Waals surface area contributed by atoms with E-state index in [2.05, 4.69) is 26.1 Å². The average Bonchev–Trinajstić information content (AvgIpc) is 2.85. The van der Waals surface area contributed by atoms with Crippen LogP contribution in [-0.4, -0.2) is 31.6 Å². The minimum absolute atomic E-state index is 0.0632. The molecule has 18 heavy (non-hydrogen) atoms. The predicted octanol–water partition coefficient (Wildman–Crippen LogP) is 1.91. The Morgan fingerprint density at radius 2 is 2.39 bits per heavy atom. The number of hydrogen-bond donors (Lipinski definition) is 2. The molecule has 0 fully saturated rings. The van der Waals surface area contributed by atoms with Gasteiger partial charge in [0.2, 0.25) is 5.95 Å². The van der Waals surface area contributed by atoms with E-state index < -0.39 is 5.97 Å². The van der Waals surface area contributed by atoms with E-state index in [9.17, 15) is 4.79 Å². The molecule has 9 heteroatoms. The summed E-state index contributed by atoms with van der Waals surface area (Å²) in [5.74, 6) is -0.675. The second-order valence-corrected chi connectivity index (χ2v) is 6.19. The van der Waals surface area contributed by atoms with Gasteiger partial charge in [-0.15, -0.1) is 21.5 Å². The third kappa shape index (κ3) is 3.24. The number of aromatic nitrogens is 3. The summed E-state index contributed by atoms with van der Waals surface area (Å²) < 4.78 is 2.71. The number of carbonyl (C=O) groups is 1. The van der Waals surface area contributed by atoms with Crippen molar-refractivity contribution in [2.75, 3.05) is 11.5 Å². The van der Waals surface area contributed by atoms with Crippen LogP contribution in [0.4, 0.5) is 5.95 Å². The summed E-state index contributed by atoms with van der Waals surface area (Å²) in [5.41, 5.74) is 5.72. The van der Waals surface area contributed by atoms with Crippen LogP contribution in [0.25, 0.3) is 0 Å². The summed E-state index contributed by atoms with van der Waals surface area (Å²) >= 11 is 6.07. The molecular weight excluding hydrogens is 340 g/mol. The maximum Gasteiger partial charge on any atom is 0.313 e. The molecule has 0 aromatic carbocycles. The van der Waals surface area contributed by atoms with E-state index in [1.807, 2.05) is 11.4 Å². The van der Waals surface area contributed by atoms with Crippen LogP contribution < -0.4 is 5.73 Å². The van der Waals surface area contributed by atoms with E-state index >= 15 is 0 Å². The zero-order valence-electron chi connectivity index (χ0n) is 9.04. The summed E-state index contributed by atoms with van der Waals surface area (Å²) in [7, 11) is 0. The van der Waals surface area contributed by atoms with Gasteiger partial charge in [-0.3, -0.25) is 9.36 Å². The maximum absolute atomic E-state index is 10.5. The topological polar surface area (TPSA) is 94.0 Å². The number of halogens is 1. The van der Waals surface area contributed by atoms with Crippen LogP contribution in [-0.2, 0) is 11.3 Å². The van der Waals surface area contributed by atoms with Crippen molar-refractivity contribution in [2.24, 2.45) is 0 Å². The van der Waals surface area contributed by atoms with E-state index in [0.29, 0.717) is 11.7 Å². The molecule has 0 bridgehead atoms. The van der Waals surface area contributed by atoms with Gasteiger partial charge in [0.1, 0.15) is 0 Å². The van der Waals surface area contributed by atoms with Crippen molar-refractivity contribution >= 4 is 50.9 Å². The van der Waals surface area contributed by atoms with Gasteiger partial charge in [-0.25, -0.2) is 0 Å². The molecule has 0 spiro atoms. The van der Waals surface area contributed by atoms with Crippen LogP contribution in [0.15, 0.2) is 21.1 Å². The van der Waals surface area contributed by atoms with Gasteiger partial charge in [-0.05, 0) is 22.0 Å². The number of nitrogens with zero attached hydrogens (tertiary/aromatic N) is 3. The molecule has 0 amide bonds. The number of thioether (sulfide) groups is 1. The van der Waals surface area contributed by atoms with Crippen LogP contribution in [0.3, 0.4) is 0 Å². The lowest BCUT2D eigenvalue weighted by atomic mass is 10.4. The highest BCUT2D eigenvalue weighted by atomic mass is 79.9. The van der Waals surface area contributed by atoms with Gasteiger partial charge < -0.3 is 10.8 Å². The minimum Gasteiger partial charge on any atom is -0.481 e. The summed E-state index contributed by atoms with van der Waals surface area (Å²) in [6.07, 6.45) is 0. The smallest absolute Gasteiger partial charge is 0.313 e. The van der Waals surface area contributed by atoms with Crippen LogP contribution in [0.1, 0.15) is 4.88 Å². The first-order valence-corrected chi connectivity index (χ1v) is 7.48. The Morgan fingerprint density at radius 3 is 3.00 bits per heavy atom. The van der Waals surface area contributed by atoms with Crippen LogP contribution in [0, 0.1) is 0 Å². The van der Waals surface area contributed by atoms with Gasteiger partial charge in [0.15, 0.2) is 5.16 Å². The molecule has 0 saturated heterocycles. The van der Waals surface area contributed by atoms with Gasteiger partial charge in [0.25, 0.3) is 0 Å². The predicted molar refractivity (Wildman–Crippen MR) is 73.9 cm³/mol. The van der Waals surface area contributed by atoms with Crippen molar-refractivity contribution in [2.45, 2.75) is 11.7 Å². The first-order valence-electron chi connectivity index (χ1n) is 4.82. The third-order valence-electron chi connectivity index (χ3n) is 2.01. The zero-order chi connectivity index (χ0) is 13.1. The molecule has 2 rings (SSSR count). The number of hydrogen-bond acceptors (Lipinski definition) is 6. The molecule has 0 atom stereocenters. The Morgan fingerprint density at radius 1 is 1.61 bits per heavy atom. The number of nitrogen functional groups attached to an aromatic ring is 1. The van der Waals surface area contributed by atoms with Gasteiger partial charge in [0, 0.05) is 14.7 Å². The molecule has 6 nitrogen and oxygen atoms in total. The molecule has 0 aliphatic carbocycles. The molecule has 0 unspecified atom stereocenters. The van der Waals surface area contributed by atoms with E-state index in [1.165, 1.54) is 0 Å². The second-order valence-electron chi connectivity index (χ2n) is 3.34. The SMILES string of the molecule is Nc1nnc(SCC(=O)O)n1Cc1cc(Br)cs1. The van der Waals surface area contributed by atoms with Crippen molar-refractivity contribution in [3.63, 3.8) is 0 Å². The fraction of sp³-hybridized carbons (Fsp3) is 0.222. The summed E-state index contributed by atoms with van der Waals surface area (Å²) in [5, 5.41) is 18.8. The van der Waals surface area contributed by atoms with Crippen LogP contribution >= 0.6 is 39.0 Å². The first-order chi connectivity index (χ1) is 8.56. The van der Waals surface area contributed by atoms with E-state index in [0.717, 1.165) is 21.1 Å². The Bertz CT molecular complexity index is 569. The molecule has 0 saturated carbocycles. The summed E-state index contributed by atoms with van der Waals surface area (Å²) in [6, 6.07) is 1.98. The molecule has 2 aromatic rings. The number of rotatable bonds is 5. The van der Waals surface area contributed by atoms with E-state index in [4.69, 9.17) is 10.8 Å². The maximum atomic E-state index is 10.5. The van der Waals surface area contributed by atoms with Crippen molar-refractivity contribution in [3.05, 3.63) is 20.8 Å². The number of carboxylic acid groups (broad SMARTS) is 1. The van der Waals surface area contributed by atoms with Crippen molar-refractivity contribution in [1.82, 2.24) is 14.8 Å². The number of nitrogens with two attached hydrogens (primary N) is 1. The molecule has 0 aliphatic heterocycles. The molecule has 0 aliphatic rings. The van der Waals surface area contributed by atoms with E-state index in [1.54, 1.807) is 15.9 Å². The lowest BCUT2D eigenvalue weighted by Crippen LogP contribution is -2.06. The molecule has 3 N–H and O–H groups in total. The Kier molecular flexibility index (Phi) is 4.25. The largest absolute Gasteiger partial charge is 0.481 e. The molecular formula is C9H9BrN4O2S2. The van der Waals surface area contributed by atoms with Crippen molar-refractivity contribution < 1.29 is 9.90 Å². The quantitative estimate of drug-likeness (QED) is 0.801. The number of thiophene rings is 1. The highest BCUT2D eigenvalue weighted by Gasteiger charge is 2.12. The van der Waals surface area contributed by atoms with E-state index in [-0.39, 0.29) is 11.7 Å². The van der Waals surface area contributed by atoms with Crippen LogP contribution in [0.5, 0.6) is 0 Å². The first kappa shape index (κ1) is 13.4. The van der Waals surface area contributed by atoms with Gasteiger partial charge in [0.05, 0.1) is 12.3 Å². The molecule has 2 heterocycles. The number of anilines is 1. The fourth-order valence-corrected chi connectivity index (χ4v) is 3.38. The fourth-order valence-electron chi connectivity index (χ4n) is 1.27. The highest BCUT2D eigenvalue weighted by molar-refractivity contribution is 9.10. The minimum atomic E-state index is -0.896. The lowest BCUT2D eigenvalue weighted by molar-refractivity contribution is -0.133. The normalized spacial score (nSPS) is 10.7. The average molecular weight is 349 g/mol.